The van der Waals surface area contributed by atoms with E-state index in [2.05, 4.69) is 0 Å². The average Bonchev–Trinajstić information content (AvgIpc) is 2.45. The minimum Gasteiger partial charge on any atom is -0.481 e. The fourth-order valence-electron chi connectivity index (χ4n) is 2.85. The summed E-state index contributed by atoms with van der Waals surface area (Å²) in [6.45, 7) is 3.43. The van der Waals surface area contributed by atoms with E-state index >= 15 is 0 Å². The molecule has 0 saturated carbocycles. The molecule has 2 N–H and O–H groups in total. The minimum absolute atomic E-state index is 0.119. The van der Waals surface area contributed by atoms with Gasteiger partial charge in [-0.05, 0) is 19.8 Å². The number of carboxylic acid groups (broad SMARTS) is 1. The number of carbonyl (C=O) groups excluding carboxylic acids is 1. The quantitative estimate of drug-likeness (QED) is 0.745. The molecule has 7 nitrogen and oxygen atoms in total. The lowest BCUT2D eigenvalue weighted by Crippen LogP contribution is -2.56. The SMILES string of the molecule is CC1CN(C(=O)N2CCC[C@H](C(=O)O)C2)CC(CO)O1. The Bertz CT molecular complexity index is 376. The third kappa shape index (κ3) is 3.40. The number of piperidine rings is 1. The van der Waals surface area contributed by atoms with Crippen molar-refractivity contribution in [2.75, 3.05) is 32.8 Å². The number of rotatable bonds is 2. The molecule has 0 bridgehead atoms. The zero-order valence-electron chi connectivity index (χ0n) is 11.7. The lowest BCUT2D eigenvalue weighted by molar-refractivity contribution is -0.143. The van der Waals surface area contributed by atoms with Crippen LogP contribution in [0, 0.1) is 5.92 Å². The number of morpholine rings is 1. The van der Waals surface area contributed by atoms with Gasteiger partial charge in [0.1, 0.15) is 0 Å². The highest BCUT2D eigenvalue weighted by Crippen LogP contribution is 2.20. The van der Waals surface area contributed by atoms with E-state index in [4.69, 9.17) is 9.84 Å². The van der Waals surface area contributed by atoms with Crippen molar-refractivity contribution in [2.45, 2.75) is 32.0 Å². The Labute approximate surface area is 118 Å². The van der Waals surface area contributed by atoms with Gasteiger partial charge in [-0.1, -0.05) is 0 Å². The summed E-state index contributed by atoms with van der Waals surface area (Å²) in [5.41, 5.74) is 0. The van der Waals surface area contributed by atoms with E-state index in [1.807, 2.05) is 6.92 Å². The van der Waals surface area contributed by atoms with E-state index in [0.29, 0.717) is 32.5 Å². The topological polar surface area (TPSA) is 90.3 Å². The summed E-state index contributed by atoms with van der Waals surface area (Å²) in [5.74, 6) is -1.31. The maximum atomic E-state index is 12.5. The van der Waals surface area contributed by atoms with Crippen LogP contribution in [-0.2, 0) is 9.53 Å². The molecular weight excluding hydrogens is 264 g/mol. The number of aliphatic carboxylic acids is 1. The number of hydrogen-bond donors (Lipinski definition) is 2. The number of ether oxygens (including phenoxy) is 1. The average molecular weight is 286 g/mol. The normalized spacial score (nSPS) is 31.2. The first-order valence-electron chi connectivity index (χ1n) is 7.04. The van der Waals surface area contributed by atoms with E-state index in [9.17, 15) is 14.7 Å². The van der Waals surface area contributed by atoms with Crippen LogP contribution in [0.1, 0.15) is 19.8 Å². The number of aliphatic hydroxyl groups excluding tert-OH is 1. The van der Waals surface area contributed by atoms with Crippen molar-refractivity contribution < 1.29 is 24.5 Å². The summed E-state index contributed by atoms with van der Waals surface area (Å²) in [6.07, 6.45) is 0.858. The van der Waals surface area contributed by atoms with Crippen LogP contribution in [0.25, 0.3) is 0 Å². The van der Waals surface area contributed by atoms with E-state index in [0.717, 1.165) is 0 Å². The summed E-state index contributed by atoms with van der Waals surface area (Å²) < 4.78 is 5.51. The molecule has 0 aromatic heterocycles. The van der Waals surface area contributed by atoms with Crippen molar-refractivity contribution in [3.63, 3.8) is 0 Å². The molecule has 0 aromatic rings. The molecule has 2 rings (SSSR count). The smallest absolute Gasteiger partial charge is 0.320 e. The highest BCUT2D eigenvalue weighted by atomic mass is 16.5. The fraction of sp³-hybridized carbons (Fsp3) is 0.846. The molecule has 3 atom stereocenters. The highest BCUT2D eigenvalue weighted by molar-refractivity contribution is 5.77. The lowest BCUT2D eigenvalue weighted by atomic mass is 9.98. The standard InChI is InChI=1S/C13H22N2O5/c1-9-5-15(7-11(8-16)20-9)13(19)14-4-2-3-10(6-14)12(17)18/h9-11,16H,2-8H2,1H3,(H,17,18)/t9?,10-,11?/m0/s1. The Balaban J connectivity index is 1.97. The number of amides is 2. The van der Waals surface area contributed by atoms with Crippen LogP contribution in [0.4, 0.5) is 4.79 Å². The number of aliphatic hydroxyl groups is 1. The molecule has 114 valence electrons. The first-order valence-corrected chi connectivity index (χ1v) is 7.04. The summed E-state index contributed by atoms with van der Waals surface area (Å²) in [7, 11) is 0. The molecule has 0 aromatic carbocycles. The summed E-state index contributed by atoms with van der Waals surface area (Å²) in [4.78, 5) is 26.8. The number of nitrogens with zero attached hydrogens (tertiary/aromatic N) is 2. The molecule has 2 heterocycles. The van der Waals surface area contributed by atoms with E-state index < -0.39 is 11.9 Å². The van der Waals surface area contributed by atoms with Crippen LogP contribution in [0.15, 0.2) is 0 Å². The van der Waals surface area contributed by atoms with Crippen LogP contribution in [0.2, 0.25) is 0 Å². The van der Waals surface area contributed by atoms with Crippen molar-refractivity contribution in [3.05, 3.63) is 0 Å². The van der Waals surface area contributed by atoms with Gasteiger partial charge in [0.2, 0.25) is 0 Å². The van der Waals surface area contributed by atoms with E-state index in [-0.39, 0.29) is 31.4 Å². The van der Waals surface area contributed by atoms with Crippen LogP contribution in [-0.4, -0.2) is 77.0 Å². The molecule has 2 saturated heterocycles. The highest BCUT2D eigenvalue weighted by Gasteiger charge is 2.34. The van der Waals surface area contributed by atoms with Crippen molar-refractivity contribution in [1.82, 2.24) is 9.80 Å². The zero-order valence-corrected chi connectivity index (χ0v) is 11.7. The van der Waals surface area contributed by atoms with Crippen molar-refractivity contribution in [3.8, 4) is 0 Å². The number of urea groups is 1. The first-order chi connectivity index (χ1) is 9.51. The first kappa shape index (κ1) is 15.1. The molecule has 2 amide bonds. The molecule has 0 radical (unpaired) electrons. The Morgan fingerprint density at radius 2 is 2.00 bits per heavy atom. The van der Waals surface area contributed by atoms with Gasteiger partial charge in [-0.15, -0.1) is 0 Å². The largest absolute Gasteiger partial charge is 0.481 e. The van der Waals surface area contributed by atoms with E-state index in [1.165, 1.54) is 0 Å². The van der Waals surface area contributed by atoms with Gasteiger partial charge in [0.05, 0.1) is 31.3 Å². The second kappa shape index (κ2) is 6.41. The van der Waals surface area contributed by atoms with Gasteiger partial charge >= 0.3 is 12.0 Å². The van der Waals surface area contributed by atoms with Crippen molar-refractivity contribution in [1.29, 1.82) is 0 Å². The summed E-state index contributed by atoms with van der Waals surface area (Å²) in [6, 6.07) is -0.149. The third-order valence-electron chi connectivity index (χ3n) is 3.84. The molecule has 0 aliphatic carbocycles. The third-order valence-corrected chi connectivity index (χ3v) is 3.84. The van der Waals surface area contributed by atoms with Gasteiger partial charge in [-0.25, -0.2) is 4.79 Å². The Hall–Kier alpha value is -1.34. The lowest BCUT2D eigenvalue weighted by Gasteiger charge is -2.40. The molecule has 2 aliphatic rings. The van der Waals surface area contributed by atoms with Crippen LogP contribution in [0.5, 0.6) is 0 Å². The molecule has 0 spiro atoms. The molecular formula is C13H22N2O5. The van der Waals surface area contributed by atoms with Crippen LogP contribution in [0.3, 0.4) is 0 Å². The molecule has 7 heteroatoms. The van der Waals surface area contributed by atoms with Crippen LogP contribution >= 0.6 is 0 Å². The Morgan fingerprint density at radius 3 is 2.65 bits per heavy atom. The van der Waals surface area contributed by atoms with Gasteiger partial charge < -0.3 is 24.7 Å². The zero-order chi connectivity index (χ0) is 14.7. The maximum absolute atomic E-state index is 12.5. The second-order valence-corrected chi connectivity index (χ2v) is 5.56. The maximum Gasteiger partial charge on any atom is 0.320 e. The van der Waals surface area contributed by atoms with Gasteiger partial charge in [0.25, 0.3) is 0 Å². The number of likely N-dealkylation sites (tertiary alicyclic amines) is 1. The molecule has 20 heavy (non-hydrogen) atoms. The number of hydrogen-bond acceptors (Lipinski definition) is 4. The molecule has 2 fully saturated rings. The fourth-order valence-corrected chi connectivity index (χ4v) is 2.85. The van der Waals surface area contributed by atoms with Crippen molar-refractivity contribution >= 4 is 12.0 Å². The number of carboxylic acids is 1. The van der Waals surface area contributed by atoms with Gasteiger partial charge in [-0.2, -0.15) is 0 Å². The molecule has 2 aliphatic heterocycles. The predicted molar refractivity (Wildman–Crippen MR) is 70.3 cm³/mol. The van der Waals surface area contributed by atoms with E-state index in [1.54, 1.807) is 9.80 Å². The van der Waals surface area contributed by atoms with Gasteiger partial charge in [0, 0.05) is 19.6 Å². The minimum atomic E-state index is -0.842. The second-order valence-electron chi connectivity index (χ2n) is 5.56. The molecule has 2 unspecified atom stereocenters. The van der Waals surface area contributed by atoms with Crippen LogP contribution < -0.4 is 0 Å². The van der Waals surface area contributed by atoms with Gasteiger partial charge in [0.15, 0.2) is 0 Å². The summed E-state index contributed by atoms with van der Waals surface area (Å²) in [5, 5.41) is 18.2. The number of carbonyl (C=O) groups is 2. The monoisotopic (exact) mass is 286 g/mol. The van der Waals surface area contributed by atoms with Gasteiger partial charge in [-0.3, -0.25) is 4.79 Å². The Morgan fingerprint density at radius 1 is 1.25 bits per heavy atom. The predicted octanol–water partition coefficient (Wildman–Crippen LogP) is -0.0154. The Kier molecular flexibility index (Phi) is 4.82. The summed E-state index contributed by atoms with van der Waals surface area (Å²) >= 11 is 0. The van der Waals surface area contributed by atoms with Crippen molar-refractivity contribution in [2.24, 2.45) is 5.92 Å².